The molecule has 0 aliphatic rings. The fourth-order valence-corrected chi connectivity index (χ4v) is 0.374. The fourth-order valence-electron chi connectivity index (χ4n) is 0.297. The molecule has 5 heteroatoms. The predicted molar refractivity (Wildman–Crippen MR) is 32.6 cm³/mol. The van der Waals surface area contributed by atoms with E-state index >= 15 is 0 Å². The number of hydrogen-bond acceptors (Lipinski definition) is 3. The summed E-state index contributed by atoms with van der Waals surface area (Å²) in [6.45, 7) is 0. The van der Waals surface area contributed by atoms with Crippen LogP contribution >= 0.6 is 11.6 Å². The molecule has 0 saturated heterocycles. The predicted octanol–water partition coefficient (Wildman–Crippen LogP) is -1.05. The lowest BCUT2D eigenvalue weighted by molar-refractivity contribution is -0.121. The Morgan fingerprint density at radius 2 is 2.00 bits per heavy atom. The van der Waals surface area contributed by atoms with E-state index in [-0.39, 0.29) is 6.42 Å². The summed E-state index contributed by atoms with van der Waals surface area (Å²) in [6, 6.07) is -0.954. The van der Waals surface area contributed by atoms with E-state index in [0.29, 0.717) is 0 Å². The van der Waals surface area contributed by atoms with Crippen molar-refractivity contribution in [1.29, 1.82) is 0 Å². The number of nitrogens with two attached hydrogens (primary N) is 2. The Kier molecular flexibility index (Phi) is 3.19. The molecule has 0 spiro atoms. The molecule has 4 nitrogen and oxygen atoms in total. The zero-order valence-corrected chi connectivity index (χ0v) is 5.39. The molecule has 0 aromatic heterocycles. The minimum atomic E-state index is -0.954. The summed E-state index contributed by atoms with van der Waals surface area (Å²) in [5.41, 5.74) is 9.74. The van der Waals surface area contributed by atoms with Gasteiger partial charge in [-0.15, -0.1) is 0 Å². The topological polar surface area (TPSA) is 86.2 Å². The van der Waals surface area contributed by atoms with Gasteiger partial charge >= 0.3 is 0 Å². The smallest absolute Gasteiger partial charge is 0.238 e. The van der Waals surface area contributed by atoms with Gasteiger partial charge < -0.3 is 11.5 Å². The van der Waals surface area contributed by atoms with Crippen LogP contribution in [0.4, 0.5) is 0 Å². The van der Waals surface area contributed by atoms with Gasteiger partial charge in [0.15, 0.2) is 0 Å². The number of rotatable bonds is 3. The zero-order valence-electron chi connectivity index (χ0n) is 4.63. The maximum absolute atomic E-state index is 10.1. The number of amides is 1. The van der Waals surface area contributed by atoms with E-state index in [1.165, 1.54) is 0 Å². The van der Waals surface area contributed by atoms with Crippen LogP contribution in [-0.4, -0.2) is 17.2 Å². The first-order chi connectivity index (χ1) is 4.04. The van der Waals surface area contributed by atoms with Gasteiger partial charge in [0, 0.05) is 6.42 Å². The van der Waals surface area contributed by atoms with Gasteiger partial charge in [0.25, 0.3) is 0 Å². The summed E-state index contributed by atoms with van der Waals surface area (Å²) in [4.78, 5) is 20.2. The number of hydrogen-bond donors (Lipinski definition) is 2. The first kappa shape index (κ1) is 8.39. The van der Waals surface area contributed by atoms with Crippen LogP contribution in [0.15, 0.2) is 0 Å². The Hall–Kier alpha value is -0.610. The molecule has 0 aliphatic carbocycles. The quantitative estimate of drug-likeness (QED) is 0.504. The standard InChI is InChI=1S/C4H7ClN2O2/c5-4(9)2(6)1-3(7)8/h2H,1,6H2,(H2,7,8)/t2-/m0/s1. The Balaban J connectivity index is 3.63. The molecule has 0 aromatic rings. The second-order valence-electron chi connectivity index (χ2n) is 1.58. The second kappa shape index (κ2) is 3.42. The van der Waals surface area contributed by atoms with Gasteiger partial charge in [0.2, 0.25) is 11.1 Å². The zero-order chi connectivity index (χ0) is 7.44. The lowest BCUT2D eigenvalue weighted by Gasteiger charge is -1.99. The van der Waals surface area contributed by atoms with Gasteiger partial charge in [-0.25, -0.2) is 0 Å². The number of halogens is 1. The monoisotopic (exact) mass is 150 g/mol. The third kappa shape index (κ3) is 3.93. The van der Waals surface area contributed by atoms with Crippen LogP contribution in [-0.2, 0) is 9.59 Å². The molecular formula is C4H7ClN2O2. The van der Waals surface area contributed by atoms with E-state index in [2.05, 4.69) is 0 Å². The van der Waals surface area contributed by atoms with Gasteiger partial charge in [0.05, 0.1) is 6.04 Å². The highest BCUT2D eigenvalue weighted by Crippen LogP contribution is 1.91. The molecule has 0 aliphatic heterocycles. The maximum Gasteiger partial charge on any atom is 0.238 e. The van der Waals surface area contributed by atoms with Crippen LogP contribution < -0.4 is 11.5 Å². The van der Waals surface area contributed by atoms with E-state index < -0.39 is 17.2 Å². The molecule has 52 valence electrons. The van der Waals surface area contributed by atoms with Crippen molar-refractivity contribution in [1.82, 2.24) is 0 Å². The van der Waals surface area contributed by atoms with Crippen LogP contribution in [0.2, 0.25) is 0 Å². The fraction of sp³-hybridized carbons (Fsp3) is 0.500. The van der Waals surface area contributed by atoms with Crippen molar-refractivity contribution in [3.63, 3.8) is 0 Å². The molecule has 0 unspecified atom stereocenters. The van der Waals surface area contributed by atoms with Gasteiger partial charge in [-0.3, -0.25) is 9.59 Å². The highest BCUT2D eigenvalue weighted by atomic mass is 35.5. The van der Waals surface area contributed by atoms with E-state index in [1.54, 1.807) is 0 Å². The highest BCUT2D eigenvalue weighted by Gasteiger charge is 2.12. The minimum Gasteiger partial charge on any atom is -0.370 e. The SMILES string of the molecule is NC(=O)C[C@H](N)C(=O)Cl. The summed E-state index contributed by atoms with van der Waals surface area (Å²) >= 11 is 4.90. The molecule has 0 saturated carbocycles. The second-order valence-corrected chi connectivity index (χ2v) is 1.95. The first-order valence-electron chi connectivity index (χ1n) is 2.27. The average Bonchev–Trinajstić information content (AvgIpc) is 1.63. The Morgan fingerprint density at radius 1 is 1.56 bits per heavy atom. The van der Waals surface area contributed by atoms with Crippen molar-refractivity contribution in [2.75, 3.05) is 0 Å². The molecule has 0 aromatic carbocycles. The van der Waals surface area contributed by atoms with Crippen molar-refractivity contribution in [2.45, 2.75) is 12.5 Å². The summed E-state index contributed by atoms with van der Waals surface area (Å²) in [6.07, 6.45) is -0.192. The largest absolute Gasteiger partial charge is 0.370 e. The molecule has 0 bridgehead atoms. The van der Waals surface area contributed by atoms with Crippen LogP contribution in [0.3, 0.4) is 0 Å². The van der Waals surface area contributed by atoms with Crippen molar-refractivity contribution in [2.24, 2.45) is 11.5 Å². The molecule has 9 heavy (non-hydrogen) atoms. The molecule has 1 amide bonds. The number of primary amides is 1. The normalized spacial score (nSPS) is 12.7. The Morgan fingerprint density at radius 3 is 2.11 bits per heavy atom. The summed E-state index contributed by atoms with van der Waals surface area (Å²) < 4.78 is 0. The van der Waals surface area contributed by atoms with E-state index in [9.17, 15) is 9.59 Å². The molecule has 4 N–H and O–H groups in total. The lowest BCUT2D eigenvalue weighted by atomic mass is 10.2. The third-order valence-electron chi connectivity index (χ3n) is 0.713. The molecule has 0 fully saturated rings. The van der Waals surface area contributed by atoms with Crippen molar-refractivity contribution in [3.05, 3.63) is 0 Å². The third-order valence-corrected chi connectivity index (χ3v) is 0.993. The van der Waals surface area contributed by atoms with Crippen LogP contribution in [0.1, 0.15) is 6.42 Å². The highest BCUT2D eigenvalue weighted by molar-refractivity contribution is 6.64. The van der Waals surface area contributed by atoms with E-state index in [1.807, 2.05) is 0 Å². The number of carbonyl (C=O) groups is 2. The van der Waals surface area contributed by atoms with E-state index in [4.69, 9.17) is 23.1 Å². The van der Waals surface area contributed by atoms with Gasteiger partial charge in [-0.2, -0.15) is 0 Å². The molecule has 0 radical (unpaired) electrons. The van der Waals surface area contributed by atoms with Crippen molar-refractivity contribution >= 4 is 22.8 Å². The van der Waals surface area contributed by atoms with Gasteiger partial charge in [-0.1, -0.05) is 0 Å². The maximum atomic E-state index is 10.1. The van der Waals surface area contributed by atoms with Crippen LogP contribution in [0, 0.1) is 0 Å². The minimum absolute atomic E-state index is 0.192. The molecular weight excluding hydrogens is 144 g/mol. The molecule has 1 atom stereocenters. The Bertz CT molecular complexity index is 137. The Labute approximate surface area is 57.1 Å². The van der Waals surface area contributed by atoms with Crippen LogP contribution in [0.25, 0.3) is 0 Å². The average molecular weight is 151 g/mol. The van der Waals surface area contributed by atoms with E-state index in [0.717, 1.165) is 0 Å². The first-order valence-corrected chi connectivity index (χ1v) is 2.65. The molecule has 0 rings (SSSR count). The van der Waals surface area contributed by atoms with Crippen molar-refractivity contribution < 1.29 is 9.59 Å². The summed E-state index contributed by atoms with van der Waals surface area (Å²) in [5.74, 6) is -0.628. The van der Waals surface area contributed by atoms with Gasteiger partial charge in [-0.05, 0) is 11.6 Å². The molecule has 0 heterocycles. The van der Waals surface area contributed by atoms with Crippen LogP contribution in [0.5, 0.6) is 0 Å². The summed E-state index contributed by atoms with van der Waals surface area (Å²) in [7, 11) is 0. The number of carbonyl (C=O) groups excluding carboxylic acids is 2. The van der Waals surface area contributed by atoms with Gasteiger partial charge in [0.1, 0.15) is 0 Å². The lowest BCUT2D eigenvalue weighted by Crippen LogP contribution is -2.32. The summed E-state index contributed by atoms with van der Waals surface area (Å²) in [5, 5.41) is -0.742. The van der Waals surface area contributed by atoms with Crippen molar-refractivity contribution in [3.8, 4) is 0 Å².